The Labute approximate surface area is 315 Å². The van der Waals surface area contributed by atoms with Crippen LogP contribution in [-0.4, -0.2) is 0 Å². The molecule has 0 radical (unpaired) electrons. The maximum absolute atomic E-state index is 2.62. The molecule has 4 atom stereocenters. The van der Waals surface area contributed by atoms with Crippen LogP contribution in [0.1, 0.15) is 81.7 Å². The lowest BCUT2D eigenvalue weighted by molar-refractivity contribution is -0.730. The molecule has 4 aliphatic rings. The Kier molecular flexibility index (Phi) is 6.94. The second kappa shape index (κ2) is 11.4. The van der Waals surface area contributed by atoms with Crippen LogP contribution in [-0.2, 0) is 22.8 Å². The second-order valence-corrected chi connectivity index (χ2v) is 17.2. The number of rotatable bonds is 5. The average Bonchev–Trinajstić information content (AvgIpc) is 3.73. The van der Waals surface area contributed by atoms with Gasteiger partial charge in [0.1, 0.15) is 0 Å². The molecule has 0 bridgehead atoms. The van der Waals surface area contributed by atoms with E-state index in [2.05, 4.69) is 192 Å². The first-order valence-electron chi connectivity index (χ1n) is 19.6. The normalized spacial score (nSPS) is 23.8. The van der Waals surface area contributed by atoms with E-state index in [1.165, 1.54) is 83.6 Å². The zero-order valence-electron chi connectivity index (χ0n) is 31.9. The van der Waals surface area contributed by atoms with Crippen LogP contribution in [0.4, 0.5) is 0 Å². The van der Waals surface area contributed by atoms with Crippen LogP contribution in [0.25, 0.3) is 55.8 Å². The summed E-state index contributed by atoms with van der Waals surface area (Å²) in [7, 11) is 0. The summed E-state index contributed by atoms with van der Waals surface area (Å²) in [5.41, 5.74) is 20.5. The van der Waals surface area contributed by atoms with Crippen molar-refractivity contribution in [3.63, 3.8) is 0 Å². The topological polar surface area (TPSA) is 3.88 Å². The molecule has 1 heteroatoms. The van der Waals surface area contributed by atoms with Crippen molar-refractivity contribution in [1.29, 1.82) is 0 Å². The summed E-state index contributed by atoms with van der Waals surface area (Å²) in [4.78, 5) is 0. The number of hydrogen-bond donors (Lipinski definition) is 0. The van der Waals surface area contributed by atoms with E-state index in [-0.39, 0.29) is 16.4 Å². The molecule has 260 valence electrons. The lowest BCUT2D eigenvalue weighted by Crippen LogP contribution is -2.52. The van der Waals surface area contributed by atoms with Crippen molar-refractivity contribution in [3.8, 4) is 55.8 Å². The van der Waals surface area contributed by atoms with Gasteiger partial charge in [-0.2, -0.15) is 4.57 Å². The number of aryl methyl sites for hydroxylation is 1. The van der Waals surface area contributed by atoms with E-state index >= 15 is 0 Å². The fourth-order valence-corrected chi connectivity index (χ4v) is 10.2. The van der Waals surface area contributed by atoms with E-state index in [1.807, 2.05) is 0 Å². The highest BCUT2D eigenvalue weighted by molar-refractivity contribution is 5.86. The number of nitrogens with zero attached hydrogens (tertiary/aromatic N) is 1. The van der Waals surface area contributed by atoms with Crippen LogP contribution in [0.3, 0.4) is 0 Å². The summed E-state index contributed by atoms with van der Waals surface area (Å²) in [6.07, 6.45) is 13.7. The van der Waals surface area contributed by atoms with Crippen molar-refractivity contribution in [2.45, 2.75) is 76.7 Å². The first-order chi connectivity index (χ1) is 25.6. The van der Waals surface area contributed by atoms with Crippen LogP contribution >= 0.6 is 0 Å². The van der Waals surface area contributed by atoms with Crippen molar-refractivity contribution in [1.82, 2.24) is 0 Å². The van der Waals surface area contributed by atoms with Gasteiger partial charge < -0.3 is 0 Å². The third kappa shape index (κ3) is 4.72. The predicted molar refractivity (Wildman–Crippen MR) is 221 cm³/mol. The molecule has 0 saturated heterocycles. The number of pyridine rings is 1. The summed E-state index contributed by atoms with van der Waals surface area (Å²) < 4.78 is 2.62. The van der Waals surface area contributed by atoms with E-state index in [4.69, 9.17) is 0 Å². The zero-order valence-corrected chi connectivity index (χ0v) is 31.9. The van der Waals surface area contributed by atoms with Crippen molar-refractivity contribution >= 4 is 0 Å². The minimum Gasteiger partial charge on any atom is -0.192 e. The quantitative estimate of drug-likeness (QED) is 0.159. The van der Waals surface area contributed by atoms with Gasteiger partial charge in [-0.15, -0.1) is 0 Å². The minimum absolute atomic E-state index is 0.0235. The Balaban J connectivity index is 1.01. The van der Waals surface area contributed by atoms with Crippen molar-refractivity contribution in [2.75, 3.05) is 0 Å². The Morgan fingerprint density at radius 2 is 1.21 bits per heavy atom. The average molecular weight is 687 g/mol. The summed E-state index contributed by atoms with van der Waals surface area (Å²) in [5.74, 6) is 0.911. The monoisotopic (exact) mass is 686 g/mol. The molecule has 1 aliphatic heterocycles. The van der Waals surface area contributed by atoms with Gasteiger partial charge >= 0.3 is 0 Å². The van der Waals surface area contributed by atoms with Crippen molar-refractivity contribution < 1.29 is 4.57 Å². The highest BCUT2D eigenvalue weighted by atomic mass is 15.1. The molecule has 0 amide bonds. The van der Waals surface area contributed by atoms with Gasteiger partial charge in [-0.05, 0) is 116 Å². The molecule has 3 aliphatic carbocycles. The third-order valence-corrected chi connectivity index (χ3v) is 13.8. The summed E-state index contributed by atoms with van der Waals surface area (Å²) in [5, 5.41) is 0. The van der Waals surface area contributed by atoms with Gasteiger partial charge in [-0.1, -0.05) is 131 Å². The van der Waals surface area contributed by atoms with E-state index < -0.39 is 0 Å². The molecular formula is C52H48N+. The molecule has 6 aromatic rings. The van der Waals surface area contributed by atoms with Gasteiger partial charge in [-0.25, -0.2) is 0 Å². The first kappa shape index (κ1) is 32.4. The van der Waals surface area contributed by atoms with E-state index in [1.54, 1.807) is 0 Å². The zero-order chi connectivity index (χ0) is 36.3. The highest BCUT2D eigenvalue weighted by Crippen LogP contribution is 2.65. The smallest absolute Gasteiger partial charge is 0.192 e. The number of aromatic nitrogens is 1. The van der Waals surface area contributed by atoms with Crippen molar-refractivity contribution in [3.05, 3.63) is 174 Å². The molecule has 0 spiro atoms. The summed E-state index contributed by atoms with van der Waals surface area (Å²) >= 11 is 0. The molecule has 5 aromatic carbocycles. The Morgan fingerprint density at radius 1 is 0.585 bits per heavy atom. The molecule has 1 aromatic heterocycles. The molecule has 1 fully saturated rings. The van der Waals surface area contributed by atoms with Gasteiger partial charge in [0.2, 0.25) is 5.69 Å². The van der Waals surface area contributed by atoms with Crippen LogP contribution < -0.4 is 4.57 Å². The molecule has 10 rings (SSSR count). The second-order valence-electron chi connectivity index (χ2n) is 17.2. The molecule has 2 heterocycles. The SMILES string of the molecule is CCc1ccc2c(c1)C(C)(C)c1cc3c(cc1-2)C1(C)CC1(C)[n+]1cc(-c2cccc(-c4cccc(-c5cccc(C6C=CC=CC6C)c5)c4)c2)ccc1-3. The lowest BCUT2D eigenvalue weighted by atomic mass is 9.77. The van der Waals surface area contributed by atoms with E-state index in [0.29, 0.717) is 11.8 Å². The number of hydrogen-bond acceptors (Lipinski definition) is 0. The van der Waals surface area contributed by atoms with Gasteiger partial charge in [0.25, 0.3) is 0 Å². The Hall–Kier alpha value is -5.27. The summed E-state index contributed by atoms with van der Waals surface area (Å²) in [6, 6.07) is 44.3. The van der Waals surface area contributed by atoms with Crippen molar-refractivity contribution in [2.24, 2.45) is 5.92 Å². The fraction of sp³-hybridized carbons (Fsp3) is 0.250. The van der Waals surface area contributed by atoms with Gasteiger partial charge in [0.05, 0.1) is 11.0 Å². The standard InChI is InChI=1S/C52H48N/c1-7-34-21-23-43-44-29-48-45(30-47(44)50(3,4)46(43)25-34)49-24-22-41(31-53(49)52(6)32-51(48,52)5)39-18-11-16-37(27-39)35-14-10-15-36(26-35)38-17-12-19-40(28-38)42-20-9-8-13-33(42)2/h8-31,33,42H,7,32H2,1-6H3/q+1. The molecule has 1 nitrogen and oxygen atoms in total. The fourth-order valence-electron chi connectivity index (χ4n) is 10.2. The highest BCUT2D eigenvalue weighted by Gasteiger charge is 2.73. The number of allylic oxidation sites excluding steroid dienone is 4. The van der Waals surface area contributed by atoms with Crippen LogP contribution in [0.5, 0.6) is 0 Å². The van der Waals surface area contributed by atoms with Gasteiger partial charge in [0, 0.05) is 36.3 Å². The maximum Gasteiger partial charge on any atom is 0.213 e. The summed E-state index contributed by atoms with van der Waals surface area (Å²) in [6.45, 7) is 14.4. The van der Waals surface area contributed by atoms with Gasteiger partial charge in [0.15, 0.2) is 11.7 Å². The first-order valence-corrected chi connectivity index (χ1v) is 19.6. The molecule has 4 unspecified atom stereocenters. The predicted octanol–water partition coefficient (Wildman–Crippen LogP) is 12.7. The lowest BCUT2D eigenvalue weighted by Gasteiger charge is -2.28. The largest absolute Gasteiger partial charge is 0.213 e. The molecule has 53 heavy (non-hydrogen) atoms. The van der Waals surface area contributed by atoms with E-state index in [9.17, 15) is 0 Å². The van der Waals surface area contributed by atoms with Gasteiger partial charge in [-0.3, -0.25) is 0 Å². The third-order valence-electron chi connectivity index (χ3n) is 13.8. The Morgan fingerprint density at radius 3 is 1.91 bits per heavy atom. The van der Waals surface area contributed by atoms with Crippen LogP contribution in [0, 0.1) is 5.92 Å². The molecule has 1 saturated carbocycles. The molecule has 0 N–H and O–H groups in total. The Bertz CT molecular complexity index is 2560. The van der Waals surface area contributed by atoms with Crippen LogP contribution in [0.2, 0.25) is 0 Å². The molecular weight excluding hydrogens is 639 g/mol. The minimum atomic E-state index is -0.0235. The van der Waals surface area contributed by atoms with Crippen LogP contribution in [0.15, 0.2) is 146 Å². The maximum atomic E-state index is 2.62. The number of fused-ring (bicyclic) bond motifs is 9. The van der Waals surface area contributed by atoms with E-state index in [0.717, 1.165) is 12.8 Å². The number of benzene rings is 5.